The molecule has 1 saturated heterocycles. The van der Waals surface area contributed by atoms with E-state index in [2.05, 4.69) is 16.0 Å². The Hall–Kier alpha value is -2.37. The van der Waals surface area contributed by atoms with E-state index in [0.29, 0.717) is 13.0 Å². The molecule has 6 heteroatoms. The summed E-state index contributed by atoms with van der Waals surface area (Å²) in [7, 11) is 3.96. The predicted octanol–water partition coefficient (Wildman–Crippen LogP) is 2.10. The van der Waals surface area contributed by atoms with Crippen LogP contribution in [0, 0.1) is 0 Å². The lowest BCUT2D eigenvalue weighted by Gasteiger charge is -2.26. The van der Waals surface area contributed by atoms with Crippen LogP contribution in [-0.4, -0.2) is 46.0 Å². The van der Waals surface area contributed by atoms with Crippen molar-refractivity contribution >= 4 is 11.7 Å². The molecule has 2 aromatic heterocycles. The molecule has 3 rings (SSSR count). The Balaban J connectivity index is 1.69. The molecule has 0 spiro atoms. The summed E-state index contributed by atoms with van der Waals surface area (Å²) in [5.74, 6) is 1.14. The molecule has 0 aliphatic carbocycles. The van der Waals surface area contributed by atoms with Crippen molar-refractivity contribution < 1.29 is 4.79 Å². The van der Waals surface area contributed by atoms with Crippen LogP contribution in [0.3, 0.4) is 0 Å². The first-order valence-corrected chi connectivity index (χ1v) is 8.03. The summed E-state index contributed by atoms with van der Waals surface area (Å²) in [4.78, 5) is 25.0. The van der Waals surface area contributed by atoms with Crippen LogP contribution in [0.5, 0.6) is 0 Å². The molecule has 0 radical (unpaired) electrons. The van der Waals surface area contributed by atoms with Gasteiger partial charge in [0.2, 0.25) is 5.91 Å². The van der Waals surface area contributed by atoms with Crippen LogP contribution >= 0.6 is 0 Å². The molecule has 0 unspecified atom stereocenters. The summed E-state index contributed by atoms with van der Waals surface area (Å²) in [6, 6.07) is 4.29. The van der Waals surface area contributed by atoms with Gasteiger partial charge in [-0.15, -0.1) is 0 Å². The lowest BCUT2D eigenvalue weighted by molar-refractivity contribution is -0.132. The maximum atomic E-state index is 12.6. The summed E-state index contributed by atoms with van der Waals surface area (Å²) in [5.41, 5.74) is 1.18. The molecule has 23 heavy (non-hydrogen) atoms. The van der Waals surface area contributed by atoms with Crippen molar-refractivity contribution in [2.24, 2.45) is 0 Å². The van der Waals surface area contributed by atoms with E-state index in [9.17, 15) is 4.79 Å². The van der Waals surface area contributed by atoms with Crippen LogP contribution in [0.4, 0.5) is 5.82 Å². The van der Waals surface area contributed by atoms with E-state index in [0.717, 1.165) is 25.2 Å². The molecule has 0 saturated carbocycles. The molecule has 1 aliphatic rings. The minimum atomic E-state index is 0.173. The van der Waals surface area contributed by atoms with Crippen molar-refractivity contribution in [1.82, 2.24) is 19.4 Å². The van der Waals surface area contributed by atoms with Crippen molar-refractivity contribution in [2.75, 3.05) is 25.5 Å². The minimum absolute atomic E-state index is 0.173. The van der Waals surface area contributed by atoms with Gasteiger partial charge < -0.3 is 14.4 Å². The molecular formula is C17H23N5O. The van der Waals surface area contributed by atoms with E-state index in [1.165, 1.54) is 5.56 Å². The SMILES string of the molecule is CN(C)c1cc([C@H]2CCCN2C(=O)CCn2ccnc2)ccn1. The summed E-state index contributed by atoms with van der Waals surface area (Å²) >= 11 is 0. The highest BCUT2D eigenvalue weighted by Gasteiger charge is 2.29. The molecule has 0 aromatic carbocycles. The first-order valence-electron chi connectivity index (χ1n) is 8.03. The Morgan fingerprint density at radius 1 is 1.39 bits per heavy atom. The average molecular weight is 313 g/mol. The molecule has 1 atom stereocenters. The van der Waals surface area contributed by atoms with Crippen molar-refractivity contribution in [3.63, 3.8) is 0 Å². The Morgan fingerprint density at radius 2 is 2.26 bits per heavy atom. The van der Waals surface area contributed by atoms with E-state index in [4.69, 9.17) is 0 Å². The number of rotatable bonds is 5. The van der Waals surface area contributed by atoms with Gasteiger partial charge in [0.05, 0.1) is 12.4 Å². The largest absolute Gasteiger partial charge is 0.363 e. The second kappa shape index (κ2) is 6.81. The standard InChI is InChI=1S/C17H23N5O/c1-20(2)16-12-14(5-7-19-16)15-4-3-9-22(15)17(23)6-10-21-11-8-18-13-21/h5,7-8,11-13,15H,3-4,6,9-10H2,1-2H3/t15-/m1/s1. The van der Waals surface area contributed by atoms with Gasteiger partial charge in [-0.1, -0.05) is 0 Å². The zero-order chi connectivity index (χ0) is 16.2. The number of hydrogen-bond acceptors (Lipinski definition) is 4. The van der Waals surface area contributed by atoms with Crippen LogP contribution in [0.2, 0.25) is 0 Å². The molecular weight excluding hydrogens is 290 g/mol. The van der Waals surface area contributed by atoms with Crippen LogP contribution in [0.1, 0.15) is 30.9 Å². The van der Waals surface area contributed by atoms with Crippen molar-refractivity contribution in [2.45, 2.75) is 31.8 Å². The molecule has 0 bridgehead atoms. The van der Waals surface area contributed by atoms with Gasteiger partial charge in [-0.2, -0.15) is 0 Å². The van der Waals surface area contributed by atoms with Crippen molar-refractivity contribution in [3.05, 3.63) is 42.6 Å². The highest BCUT2D eigenvalue weighted by atomic mass is 16.2. The molecule has 1 amide bonds. The van der Waals surface area contributed by atoms with Gasteiger partial charge in [0.1, 0.15) is 5.82 Å². The van der Waals surface area contributed by atoms with Gasteiger partial charge in [0.15, 0.2) is 0 Å². The summed E-state index contributed by atoms with van der Waals surface area (Å²) in [6.07, 6.45) is 9.80. The predicted molar refractivity (Wildman–Crippen MR) is 89.1 cm³/mol. The smallest absolute Gasteiger partial charge is 0.224 e. The number of hydrogen-bond donors (Lipinski definition) is 0. The lowest BCUT2D eigenvalue weighted by atomic mass is 10.1. The zero-order valence-electron chi connectivity index (χ0n) is 13.7. The number of aromatic nitrogens is 3. The Kier molecular flexibility index (Phi) is 4.60. The fourth-order valence-electron chi connectivity index (χ4n) is 3.09. The molecule has 122 valence electrons. The van der Waals surface area contributed by atoms with Gasteiger partial charge >= 0.3 is 0 Å². The fraction of sp³-hybridized carbons (Fsp3) is 0.471. The number of imidazole rings is 1. The third-order valence-electron chi connectivity index (χ3n) is 4.33. The van der Waals surface area contributed by atoms with E-state index < -0.39 is 0 Å². The third-order valence-corrected chi connectivity index (χ3v) is 4.33. The number of anilines is 1. The number of pyridine rings is 1. The number of nitrogens with zero attached hydrogens (tertiary/aromatic N) is 5. The van der Waals surface area contributed by atoms with E-state index >= 15 is 0 Å². The van der Waals surface area contributed by atoms with E-state index in [1.807, 2.05) is 46.9 Å². The van der Waals surface area contributed by atoms with Crippen LogP contribution < -0.4 is 4.90 Å². The minimum Gasteiger partial charge on any atom is -0.363 e. The highest BCUT2D eigenvalue weighted by Crippen LogP contribution is 2.33. The first kappa shape index (κ1) is 15.5. The summed E-state index contributed by atoms with van der Waals surface area (Å²) in [5, 5.41) is 0. The average Bonchev–Trinajstić information content (AvgIpc) is 3.24. The molecule has 6 nitrogen and oxygen atoms in total. The van der Waals surface area contributed by atoms with Gasteiger partial charge in [0, 0.05) is 52.2 Å². The Morgan fingerprint density at radius 3 is 3.00 bits per heavy atom. The number of carbonyl (C=O) groups excluding carboxylic acids is 1. The Bertz CT molecular complexity index is 653. The van der Waals surface area contributed by atoms with Crippen molar-refractivity contribution in [1.29, 1.82) is 0 Å². The third kappa shape index (κ3) is 3.52. The van der Waals surface area contributed by atoms with Gasteiger partial charge in [-0.3, -0.25) is 4.79 Å². The van der Waals surface area contributed by atoms with Crippen LogP contribution in [0.15, 0.2) is 37.1 Å². The maximum Gasteiger partial charge on any atom is 0.224 e. The van der Waals surface area contributed by atoms with Crippen LogP contribution in [-0.2, 0) is 11.3 Å². The van der Waals surface area contributed by atoms with Gasteiger partial charge in [-0.25, -0.2) is 9.97 Å². The number of likely N-dealkylation sites (tertiary alicyclic amines) is 1. The second-order valence-corrected chi connectivity index (χ2v) is 6.14. The highest BCUT2D eigenvalue weighted by molar-refractivity contribution is 5.77. The summed E-state index contributed by atoms with van der Waals surface area (Å²) < 4.78 is 1.94. The van der Waals surface area contributed by atoms with Crippen molar-refractivity contribution in [3.8, 4) is 0 Å². The molecule has 1 aliphatic heterocycles. The summed E-state index contributed by atoms with van der Waals surface area (Å²) in [6.45, 7) is 1.52. The quantitative estimate of drug-likeness (QED) is 0.848. The number of carbonyl (C=O) groups is 1. The monoisotopic (exact) mass is 313 g/mol. The lowest BCUT2D eigenvalue weighted by Crippen LogP contribution is -2.31. The molecule has 2 aromatic rings. The molecule has 3 heterocycles. The van der Waals surface area contributed by atoms with E-state index in [-0.39, 0.29) is 11.9 Å². The topological polar surface area (TPSA) is 54.3 Å². The molecule has 1 fully saturated rings. The second-order valence-electron chi connectivity index (χ2n) is 6.14. The zero-order valence-corrected chi connectivity index (χ0v) is 13.7. The van der Waals surface area contributed by atoms with E-state index in [1.54, 1.807) is 12.5 Å². The molecule has 0 N–H and O–H groups in total. The van der Waals surface area contributed by atoms with Crippen LogP contribution in [0.25, 0.3) is 0 Å². The fourth-order valence-corrected chi connectivity index (χ4v) is 3.09. The maximum absolute atomic E-state index is 12.6. The number of amides is 1. The van der Waals surface area contributed by atoms with Gasteiger partial charge in [0.25, 0.3) is 0 Å². The first-order chi connectivity index (χ1) is 11.1. The van der Waals surface area contributed by atoms with Gasteiger partial charge in [-0.05, 0) is 30.5 Å². The normalized spacial score (nSPS) is 17.5. The Labute approximate surface area is 136 Å². The number of aryl methyl sites for hydroxylation is 1.